The molecule has 0 bridgehead atoms. The van der Waals surface area contributed by atoms with Crippen molar-refractivity contribution in [3.05, 3.63) is 72.2 Å². The fourth-order valence-corrected chi connectivity index (χ4v) is 2.40. The standard InChI is InChI=1S/C20H17N3O2/c21-13-12-15-6-8-17(9-7-15)23-19(24)10-11-20-22-14-18(25-20)16-4-2-1-3-5-16/h1-9,14H,10-12H2,(H,23,24). The SMILES string of the molecule is N#CCc1ccc(NC(=O)CCc2ncc(-c3ccccc3)o2)cc1. The van der Waals surface area contributed by atoms with Crippen molar-refractivity contribution in [2.24, 2.45) is 0 Å². The Labute approximate surface area is 145 Å². The van der Waals surface area contributed by atoms with Crippen LogP contribution in [0.5, 0.6) is 0 Å². The number of carbonyl (C=O) groups excluding carboxylic acids is 1. The number of hydrogen-bond donors (Lipinski definition) is 1. The zero-order valence-electron chi connectivity index (χ0n) is 13.6. The van der Waals surface area contributed by atoms with Gasteiger partial charge in [0.1, 0.15) is 0 Å². The topological polar surface area (TPSA) is 78.9 Å². The van der Waals surface area contributed by atoms with Crippen molar-refractivity contribution in [1.29, 1.82) is 5.26 Å². The molecule has 0 radical (unpaired) electrons. The number of benzene rings is 2. The zero-order valence-corrected chi connectivity index (χ0v) is 13.6. The molecule has 0 unspecified atom stereocenters. The van der Waals surface area contributed by atoms with E-state index in [1.807, 2.05) is 42.5 Å². The molecule has 0 saturated heterocycles. The maximum absolute atomic E-state index is 12.0. The quantitative estimate of drug-likeness (QED) is 0.741. The lowest BCUT2D eigenvalue weighted by atomic mass is 10.1. The largest absolute Gasteiger partial charge is 0.441 e. The molecule has 3 rings (SSSR count). The van der Waals surface area contributed by atoms with Gasteiger partial charge in [0, 0.05) is 24.1 Å². The molecule has 124 valence electrons. The van der Waals surface area contributed by atoms with Crippen molar-refractivity contribution >= 4 is 11.6 Å². The molecular weight excluding hydrogens is 314 g/mol. The Morgan fingerprint density at radius 3 is 2.60 bits per heavy atom. The van der Waals surface area contributed by atoms with E-state index in [1.165, 1.54) is 0 Å². The number of nitrogens with one attached hydrogen (secondary N) is 1. The van der Waals surface area contributed by atoms with Crippen LogP contribution in [0.25, 0.3) is 11.3 Å². The third-order valence-corrected chi connectivity index (χ3v) is 3.70. The highest BCUT2D eigenvalue weighted by Crippen LogP contribution is 2.20. The van der Waals surface area contributed by atoms with Crippen LogP contribution >= 0.6 is 0 Å². The number of carbonyl (C=O) groups is 1. The predicted octanol–water partition coefficient (Wildman–Crippen LogP) is 3.98. The van der Waals surface area contributed by atoms with Crippen molar-refractivity contribution < 1.29 is 9.21 Å². The third-order valence-electron chi connectivity index (χ3n) is 3.70. The van der Waals surface area contributed by atoms with Gasteiger partial charge in [0.2, 0.25) is 5.91 Å². The molecule has 1 aromatic heterocycles. The van der Waals surface area contributed by atoms with E-state index in [2.05, 4.69) is 16.4 Å². The second-order valence-corrected chi connectivity index (χ2v) is 5.56. The van der Waals surface area contributed by atoms with E-state index in [1.54, 1.807) is 18.3 Å². The number of oxazole rings is 1. The molecule has 0 aliphatic carbocycles. The van der Waals surface area contributed by atoms with Crippen molar-refractivity contribution in [1.82, 2.24) is 4.98 Å². The van der Waals surface area contributed by atoms with Crippen LogP contribution in [-0.2, 0) is 17.6 Å². The number of aryl methyl sites for hydroxylation is 1. The lowest BCUT2D eigenvalue weighted by molar-refractivity contribution is -0.116. The summed E-state index contributed by atoms with van der Waals surface area (Å²) in [5, 5.41) is 11.5. The minimum absolute atomic E-state index is 0.104. The van der Waals surface area contributed by atoms with Gasteiger partial charge in [-0.05, 0) is 17.7 Å². The van der Waals surface area contributed by atoms with Gasteiger partial charge in [-0.3, -0.25) is 4.79 Å². The van der Waals surface area contributed by atoms with Crippen molar-refractivity contribution in [3.8, 4) is 17.4 Å². The second kappa shape index (κ2) is 7.93. The van der Waals surface area contributed by atoms with Gasteiger partial charge in [-0.15, -0.1) is 0 Å². The molecule has 1 N–H and O–H groups in total. The van der Waals surface area contributed by atoms with Crippen molar-refractivity contribution in [3.63, 3.8) is 0 Å². The molecule has 3 aromatic rings. The number of aromatic nitrogens is 1. The minimum Gasteiger partial charge on any atom is -0.441 e. The van der Waals surface area contributed by atoms with Crippen LogP contribution in [0.1, 0.15) is 17.9 Å². The van der Waals surface area contributed by atoms with Crippen LogP contribution in [0.2, 0.25) is 0 Å². The van der Waals surface area contributed by atoms with E-state index < -0.39 is 0 Å². The fraction of sp³-hybridized carbons (Fsp3) is 0.150. The lowest BCUT2D eigenvalue weighted by Gasteiger charge is -2.05. The number of rotatable bonds is 6. The first-order valence-corrected chi connectivity index (χ1v) is 8.00. The molecule has 1 heterocycles. The number of anilines is 1. The summed E-state index contributed by atoms with van der Waals surface area (Å²) in [6.07, 6.45) is 2.76. The van der Waals surface area contributed by atoms with Crippen LogP contribution in [0.4, 0.5) is 5.69 Å². The second-order valence-electron chi connectivity index (χ2n) is 5.56. The van der Waals surface area contributed by atoms with Gasteiger partial charge >= 0.3 is 0 Å². The summed E-state index contributed by atoms with van der Waals surface area (Å²) < 4.78 is 5.69. The van der Waals surface area contributed by atoms with Crippen LogP contribution in [0.3, 0.4) is 0 Å². The fourth-order valence-electron chi connectivity index (χ4n) is 2.40. The van der Waals surface area contributed by atoms with Gasteiger partial charge < -0.3 is 9.73 Å². The van der Waals surface area contributed by atoms with Crippen molar-refractivity contribution in [2.45, 2.75) is 19.3 Å². The Kier molecular flexibility index (Phi) is 5.22. The van der Waals surface area contributed by atoms with E-state index in [9.17, 15) is 4.79 Å². The highest BCUT2D eigenvalue weighted by atomic mass is 16.4. The van der Waals surface area contributed by atoms with E-state index in [0.717, 1.165) is 11.1 Å². The highest BCUT2D eigenvalue weighted by Gasteiger charge is 2.09. The number of hydrogen-bond acceptors (Lipinski definition) is 4. The zero-order chi connectivity index (χ0) is 17.5. The van der Waals surface area contributed by atoms with Crippen LogP contribution in [0.15, 0.2) is 65.2 Å². The normalized spacial score (nSPS) is 10.2. The van der Waals surface area contributed by atoms with E-state index in [-0.39, 0.29) is 12.3 Å². The minimum atomic E-state index is -0.104. The smallest absolute Gasteiger partial charge is 0.224 e. The summed E-state index contributed by atoms with van der Waals surface area (Å²) in [6.45, 7) is 0. The summed E-state index contributed by atoms with van der Waals surface area (Å²) in [7, 11) is 0. The van der Waals surface area contributed by atoms with Gasteiger partial charge in [-0.2, -0.15) is 5.26 Å². The molecule has 0 spiro atoms. The molecule has 2 aromatic carbocycles. The number of nitriles is 1. The molecular formula is C20H17N3O2. The Bertz CT molecular complexity index is 877. The first kappa shape index (κ1) is 16.5. The molecule has 0 fully saturated rings. The first-order chi connectivity index (χ1) is 12.2. The summed E-state index contributed by atoms with van der Waals surface area (Å²) >= 11 is 0. The average molecular weight is 331 g/mol. The van der Waals surface area contributed by atoms with Crippen molar-refractivity contribution in [2.75, 3.05) is 5.32 Å². The van der Waals surface area contributed by atoms with Gasteiger partial charge in [0.15, 0.2) is 11.7 Å². The molecule has 0 aliphatic heterocycles. The lowest BCUT2D eigenvalue weighted by Crippen LogP contribution is -2.12. The molecule has 0 aliphatic rings. The Morgan fingerprint density at radius 2 is 1.88 bits per heavy atom. The molecule has 1 amide bonds. The summed E-state index contributed by atoms with van der Waals surface area (Å²) in [5.74, 6) is 1.13. The van der Waals surface area contributed by atoms with Gasteiger partial charge in [-0.25, -0.2) is 4.98 Å². The van der Waals surface area contributed by atoms with E-state index in [0.29, 0.717) is 30.2 Å². The van der Waals surface area contributed by atoms with Crippen LogP contribution in [-0.4, -0.2) is 10.9 Å². The monoisotopic (exact) mass is 331 g/mol. The van der Waals surface area contributed by atoms with Gasteiger partial charge in [0.05, 0.1) is 18.7 Å². The molecule has 5 heteroatoms. The Morgan fingerprint density at radius 1 is 1.12 bits per heavy atom. The maximum Gasteiger partial charge on any atom is 0.224 e. The van der Waals surface area contributed by atoms with Crippen LogP contribution < -0.4 is 5.32 Å². The van der Waals surface area contributed by atoms with E-state index >= 15 is 0 Å². The van der Waals surface area contributed by atoms with Gasteiger partial charge in [0.25, 0.3) is 0 Å². The maximum atomic E-state index is 12.0. The summed E-state index contributed by atoms with van der Waals surface area (Å²) in [5.41, 5.74) is 2.60. The van der Waals surface area contributed by atoms with Gasteiger partial charge in [-0.1, -0.05) is 42.5 Å². The first-order valence-electron chi connectivity index (χ1n) is 8.00. The average Bonchev–Trinajstić information content (AvgIpc) is 3.12. The molecule has 25 heavy (non-hydrogen) atoms. The number of nitrogens with zero attached hydrogens (tertiary/aromatic N) is 2. The summed E-state index contributed by atoms with van der Waals surface area (Å²) in [6, 6.07) is 19.1. The predicted molar refractivity (Wildman–Crippen MR) is 94.6 cm³/mol. The number of amides is 1. The Hall–Kier alpha value is -3.39. The summed E-state index contributed by atoms with van der Waals surface area (Å²) in [4.78, 5) is 16.3. The molecule has 0 saturated carbocycles. The highest BCUT2D eigenvalue weighted by molar-refractivity contribution is 5.90. The third kappa shape index (κ3) is 4.55. The molecule has 0 atom stereocenters. The van der Waals surface area contributed by atoms with Crippen LogP contribution in [0, 0.1) is 11.3 Å². The molecule has 5 nitrogen and oxygen atoms in total. The Balaban J connectivity index is 1.52. The van der Waals surface area contributed by atoms with E-state index in [4.69, 9.17) is 9.68 Å².